The number of hydrogen-bond donors (Lipinski definition) is 2. The van der Waals surface area contributed by atoms with Gasteiger partial charge >= 0.3 is 0 Å². The summed E-state index contributed by atoms with van der Waals surface area (Å²) in [7, 11) is 0. The van der Waals surface area contributed by atoms with E-state index in [1.165, 1.54) is 6.92 Å². The summed E-state index contributed by atoms with van der Waals surface area (Å²) in [6.07, 6.45) is 0. The highest BCUT2D eigenvalue weighted by atomic mass is 35.5. The lowest BCUT2D eigenvalue weighted by Gasteiger charge is -2.17. The molecule has 156 valence electrons. The summed E-state index contributed by atoms with van der Waals surface area (Å²) in [6.45, 7) is 8.21. The number of carbonyl (C=O) groups excluding carboxylic acids is 2. The van der Waals surface area contributed by atoms with Crippen molar-refractivity contribution >= 4 is 34.8 Å². The summed E-state index contributed by atoms with van der Waals surface area (Å²) in [4.78, 5) is 24.0. The molecule has 0 aliphatic heterocycles. The van der Waals surface area contributed by atoms with E-state index in [-0.39, 0.29) is 11.8 Å². The molecule has 2 N–H and O–H groups in total. The molecule has 0 aliphatic carbocycles. The zero-order valence-corrected chi connectivity index (χ0v) is 17.7. The van der Waals surface area contributed by atoms with Crippen LogP contribution >= 0.6 is 11.6 Å². The highest BCUT2D eigenvalue weighted by Gasteiger charge is 2.19. The Bertz CT molecular complexity index is 858. The molecule has 0 unspecified atom stereocenters. The molecule has 0 radical (unpaired) electrons. The Morgan fingerprint density at radius 3 is 1.97 bits per heavy atom. The second-order valence-corrected chi connectivity index (χ2v) is 6.34. The predicted octanol–water partition coefficient (Wildman–Crippen LogP) is 4.75. The number of amides is 2. The maximum atomic E-state index is 12.8. The van der Waals surface area contributed by atoms with Crippen LogP contribution in [0.4, 0.5) is 11.4 Å². The first-order chi connectivity index (χ1) is 13.9. The van der Waals surface area contributed by atoms with Gasteiger partial charge in [0.25, 0.3) is 5.91 Å². The molecule has 0 atom stereocenters. The minimum Gasteiger partial charge on any atom is -0.490 e. The van der Waals surface area contributed by atoms with Crippen LogP contribution in [0.3, 0.4) is 0 Å². The van der Waals surface area contributed by atoms with Gasteiger partial charge in [0.2, 0.25) is 11.7 Å². The molecule has 0 heterocycles. The fourth-order valence-corrected chi connectivity index (χ4v) is 2.84. The Labute approximate surface area is 175 Å². The van der Waals surface area contributed by atoms with Crippen LogP contribution in [0.1, 0.15) is 38.1 Å². The third kappa shape index (κ3) is 6.02. The minimum atomic E-state index is -0.385. The van der Waals surface area contributed by atoms with E-state index in [1.807, 2.05) is 20.8 Å². The summed E-state index contributed by atoms with van der Waals surface area (Å²) in [5, 5.41) is 5.69. The van der Waals surface area contributed by atoms with E-state index < -0.39 is 0 Å². The fourth-order valence-electron chi connectivity index (χ4n) is 2.61. The number of ether oxygens (including phenoxy) is 3. The van der Waals surface area contributed by atoms with Crippen LogP contribution in [-0.2, 0) is 4.79 Å². The van der Waals surface area contributed by atoms with E-state index in [9.17, 15) is 9.59 Å². The third-order valence-corrected chi connectivity index (χ3v) is 4.02. The van der Waals surface area contributed by atoms with Crippen LogP contribution in [0.15, 0.2) is 30.3 Å². The zero-order valence-electron chi connectivity index (χ0n) is 16.9. The fraction of sp³-hybridized carbons (Fsp3) is 0.333. The van der Waals surface area contributed by atoms with Crippen molar-refractivity contribution in [3.8, 4) is 17.2 Å². The van der Waals surface area contributed by atoms with Gasteiger partial charge in [0.1, 0.15) is 0 Å². The van der Waals surface area contributed by atoms with Crippen molar-refractivity contribution in [1.29, 1.82) is 0 Å². The summed E-state index contributed by atoms with van der Waals surface area (Å²) >= 11 is 6.24. The largest absolute Gasteiger partial charge is 0.490 e. The van der Waals surface area contributed by atoms with Crippen LogP contribution in [0.2, 0.25) is 5.02 Å². The molecule has 29 heavy (non-hydrogen) atoms. The smallest absolute Gasteiger partial charge is 0.255 e. The molecule has 0 spiro atoms. The topological polar surface area (TPSA) is 85.9 Å². The zero-order chi connectivity index (χ0) is 21.4. The summed E-state index contributed by atoms with van der Waals surface area (Å²) in [6, 6.07) is 8.04. The molecular weight excluding hydrogens is 396 g/mol. The van der Waals surface area contributed by atoms with Gasteiger partial charge in [-0.1, -0.05) is 11.6 Å². The first kappa shape index (κ1) is 22.4. The summed E-state index contributed by atoms with van der Waals surface area (Å²) in [5.74, 6) is 0.726. The number of nitrogens with one attached hydrogen (secondary N) is 2. The van der Waals surface area contributed by atoms with Crippen molar-refractivity contribution in [2.75, 3.05) is 30.5 Å². The molecule has 2 aromatic rings. The molecule has 0 fully saturated rings. The van der Waals surface area contributed by atoms with Gasteiger partial charge in [-0.15, -0.1) is 0 Å². The average molecular weight is 421 g/mol. The Balaban J connectivity index is 2.33. The van der Waals surface area contributed by atoms with Crippen LogP contribution in [0.5, 0.6) is 17.2 Å². The molecule has 2 aromatic carbocycles. The van der Waals surface area contributed by atoms with Crippen molar-refractivity contribution in [3.05, 3.63) is 40.9 Å². The van der Waals surface area contributed by atoms with Gasteiger partial charge in [0.15, 0.2) is 11.5 Å². The Morgan fingerprint density at radius 1 is 0.897 bits per heavy atom. The maximum Gasteiger partial charge on any atom is 0.255 e. The number of rotatable bonds is 9. The number of carbonyl (C=O) groups is 2. The number of halogens is 1. The monoisotopic (exact) mass is 420 g/mol. The van der Waals surface area contributed by atoms with E-state index in [0.29, 0.717) is 59.0 Å². The van der Waals surface area contributed by atoms with Gasteiger partial charge in [-0.05, 0) is 51.1 Å². The summed E-state index contributed by atoms with van der Waals surface area (Å²) in [5.41, 5.74) is 1.29. The molecule has 2 rings (SSSR count). The second-order valence-electron chi connectivity index (χ2n) is 5.93. The first-order valence-corrected chi connectivity index (χ1v) is 9.72. The van der Waals surface area contributed by atoms with Gasteiger partial charge < -0.3 is 24.8 Å². The van der Waals surface area contributed by atoms with Crippen LogP contribution in [-0.4, -0.2) is 31.6 Å². The van der Waals surface area contributed by atoms with E-state index in [2.05, 4.69) is 10.6 Å². The van der Waals surface area contributed by atoms with Gasteiger partial charge in [-0.3, -0.25) is 9.59 Å². The number of anilines is 2. The molecule has 0 saturated heterocycles. The average Bonchev–Trinajstić information content (AvgIpc) is 2.66. The van der Waals surface area contributed by atoms with Gasteiger partial charge in [-0.25, -0.2) is 0 Å². The first-order valence-electron chi connectivity index (χ1n) is 9.34. The highest BCUT2D eigenvalue weighted by molar-refractivity contribution is 6.34. The lowest BCUT2D eigenvalue weighted by atomic mass is 10.1. The Hall–Kier alpha value is -2.93. The SMILES string of the molecule is CCOc1cc(C(=O)Nc2ccc(NC(C)=O)cc2Cl)cc(OCC)c1OCC. The number of hydrogen-bond acceptors (Lipinski definition) is 5. The van der Waals surface area contributed by atoms with Gasteiger partial charge in [0, 0.05) is 18.2 Å². The minimum absolute atomic E-state index is 0.209. The van der Waals surface area contributed by atoms with E-state index in [1.54, 1.807) is 30.3 Å². The molecular formula is C21H25ClN2O5. The molecule has 7 nitrogen and oxygen atoms in total. The predicted molar refractivity (Wildman–Crippen MR) is 114 cm³/mol. The molecule has 0 saturated carbocycles. The van der Waals surface area contributed by atoms with Gasteiger partial charge in [-0.2, -0.15) is 0 Å². The van der Waals surface area contributed by atoms with Crippen molar-refractivity contribution in [2.24, 2.45) is 0 Å². The second kappa shape index (κ2) is 10.6. The lowest BCUT2D eigenvalue weighted by Crippen LogP contribution is -2.14. The maximum absolute atomic E-state index is 12.8. The van der Waals surface area contributed by atoms with Gasteiger partial charge in [0.05, 0.1) is 30.5 Å². The highest BCUT2D eigenvalue weighted by Crippen LogP contribution is 2.39. The van der Waals surface area contributed by atoms with Crippen LogP contribution in [0.25, 0.3) is 0 Å². The Kier molecular flexibility index (Phi) is 8.15. The van der Waals surface area contributed by atoms with E-state index >= 15 is 0 Å². The number of benzene rings is 2. The van der Waals surface area contributed by atoms with E-state index in [0.717, 1.165) is 0 Å². The Morgan fingerprint density at radius 2 is 1.48 bits per heavy atom. The lowest BCUT2D eigenvalue weighted by molar-refractivity contribution is -0.114. The van der Waals surface area contributed by atoms with Crippen molar-refractivity contribution in [2.45, 2.75) is 27.7 Å². The van der Waals surface area contributed by atoms with Crippen LogP contribution in [0, 0.1) is 0 Å². The van der Waals surface area contributed by atoms with E-state index in [4.69, 9.17) is 25.8 Å². The third-order valence-electron chi connectivity index (χ3n) is 3.71. The van der Waals surface area contributed by atoms with Crippen LogP contribution < -0.4 is 24.8 Å². The standard InChI is InChI=1S/C21H25ClN2O5/c1-5-27-18-10-14(11-19(28-6-2)20(18)29-7-3)21(26)24-17-9-8-15(12-16(17)22)23-13(4)25/h8-12H,5-7H2,1-4H3,(H,23,25)(H,24,26). The summed E-state index contributed by atoms with van der Waals surface area (Å²) < 4.78 is 16.9. The van der Waals surface area contributed by atoms with Crippen molar-refractivity contribution in [3.63, 3.8) is 0 Å². The molecule has 8 heteroatoms. The molecule has 2 amide bonds. The molecule has 0 aromatic heterocycles. The van der Waals surface area contributed by atoms with Crippen molar-refractivity contribution in [1.82, 2.24) is 0 Å². The molecule has 0 bridgehead atoms. The quantitative estimate of drug-likeness (QED) is 0.611. The normalized spacial score (nSPS) is 10.2. The molecule has 0 aliphatic rings. The van der Waals surface area contributed by atoms with Crippen molar-refractivity contribution < 1.29 is 23.8 Å².